The van der Waals surface area contributed by atoms with Crippen LogP contribution < -0.4 is 0 Å². The standard InChI is InChI=1S/C13H19ClN4O/c1-8-6-10(4-5-19-8)18-11(7-14)15-12-9(2)16-17(3)13(12)18/h8,10H,4-7H2,1-3H3. The first-order chi connectivity index (χ1) is 9.11. The molecule has 0 aromatic carbocycles. The van der Waals surface area contributed by atoms with Gasteiger partial charge in [-0.15, -0.1) is 11.6 Å². The Kier molecular flexibility index (Phi) is 3.27. The number of aromatic nitrogens is 4. The van der Waals surface area contributed by atoms with Crippen LogP contribution in [-0.4, -0.2) is 32.0 Å². The number of halogens is 1. The molecule has 1 saturated heterocycles. The van der Waals surface area contributed by atoms with Gasteiger partial charge in [-0.3, -0.25) is 4.68 Å². The molecule has 2 atom stereocenters. The second-order valence-corrected chi connectivity index (χ2v) is 5.54. The van der Waals surface area contributed by atoms with Crippen LogP contribution in [0.5, 0.6) is 0 Å². The number of hydrogen-bond acceptors (Lipinski definition) is 3. The Morgan fingerprint density at radius 2 is 2.26 bits per heavy atom. The van der Waals surface area contributed by atoms with Crippen molar-refractivity contribution >= 4 is 22.8 Å². The molecule has 0 aliphatic carbocycles. The summed E-state index contributed by atoms with van der Waals surface area (Å²) in [4.78, 5) is 4.66. The van der Waals surface area contributed by atoms with Crippen molar-refractivity contribution in [1.29, 1.82) is 0 Å². The Hall–Kier alpha value is -1.07. The van der Waals surface area contributed by atoms with Crippen LogP contribution in [0.3, 0.4) is 0 Å². The van der Waals surface area contributed by atoms with Crippen LogP contribution in [0.25, 0.3) is 11.2 Å². The lowest BCUT2D eigenvalue weighted by Gasteiger charge is -2.29. The minimum Gasteiger partial charge on any atom is -0.378 e. The molecule has 3 heterocycles. The Morgan fingerprint density at radius 1 is 1.47 bits per heavy atom. The van der Waals surface area contributed by atoms with Crippen molar-refractivity contribution in [2.75, 3.05) is 6.61 Å². The van der Waals surface area contributed by atoms with Gasteiger partial charge in [0.05, 0.1) is 17.7 Å². The molecule has 104 valence electrons. The van der Waals surface area contributed by atoms with Crippen molar-refractivity contribution in [3.63, 3.8) is 0 Å². The molecule has 3 rings (SSSR count). The number of alkyl halides is 1. The van der Waals surface area contributed by atoms with E-state index >= 15 is 0 Å². The number of fused-ring (bicyclic) bond motifs is 1. The molecule has 0 radical (unpaired) electrons. The third kappa shape index (κ3) is 2.05. The molecule has 2 unspecified atom stereocenters. The highest BCUT2D eigenvalue weighted by atomic mass is 35.5. The number of rotatable bonds is 2. The molecule has 1 fully saturated rings. The SMILES string of the molecule is Cc1nn(C)c2c1nc(CCl)n2C1CCOC(C)C1. The van der Waals surface area contributed by atoms with Crippen molar-refractivity contribution in [3.05, 3.63) is 11.5 Å². The van der Waals surface area contributed by atoms with Gasteiger partial charge in [-0.1, -0.05) is 0 Å². The van der Waals surface area contributed by atoms with Gasteiger partial charge in [-0.25, -0.2) is 4.98 Å². The first kappa shape index (κ1) is 12.9. The Morgan fingerprint density at radius 3 is 2.95 bits per heavy atom. The maximum absolute atomic E-state index is 6.08. The van der Waals surface area contributed by atoms with Crippen molar-refractivity contribution in [2.24, 2.45) is 7.05 Å². The van der Waals surface area contributed by atoms with Gasteiger partial charge in [0.25, 0.3) is 0 Å². The molecule has 2 aromatic rings. The number of aryl methyl sites for hydroxylation is 2. The minimum absolute atomic E-state index is 0.286. The highest BCUT2D eigenvalue weighted by molar-refractivity contribution is 6.16. The summed E-state index contributed by atoms with van der Waals surface area (Å²) in [5.74, 6) is 1.37. The molecule has 19 heavy (non-hydrogen) atoms. The molecule has 5 nitrogen and oxygen atoms in total. The minimum atomic E-state index is 0.286. The van der Waals surface area contributed by atoms with Crippen LogP contribution >= 0.6 is 11.6 Å². The average Bonchev–Trinajstić information content (AvgIpc) is 2.88. The Bertz CT molecular complexity index is 603. The first-order valence-electron chi connectivity index (χ1n) is 6.69. The molecule has 0 amide bonds. The van der Waals surface area contributed by atoms with E-state index in [2.05, 4.69) is 21.6 Å². The zero-order chi connectivity index (χ0) is 13.6. The van der Waals surface area contributed by atoms with E-state index in [-0.39, 0.29) is 6.10 Å². The smallest absolute Gasteiger partial charge is 0.158 e. The van der Waals surface area contributed by atoms with Gasteiger partial charge in [0.1, 0.15) is 11.3 Å². The highest BCUT2D eigenvalue weighted by Crippen LogP contribution is 2.31. The predicted molar refractivity (Wildman–Crippen MR) is 74.5 cm³/mol. The summed E-state index contributed by atoms with van der Waals surface area (Å²) in [5, 5.41) is 4.46. The maximum Gasteiger partial charge on any atom is 0.158 e. The number of imidazole rings is 1. The van der Waals surface area contributed by atoms with Gasteiger partial charge in [-0.2, -0.15) is 5.10 Å². The summed E-state index contributed by atoms with van der Waals surface area (Å²) in [6, 6.07) is 0.400. The van der Waals surface area contributed by atoms with Gasteiger partial charge < -0.3 is 9.30 Å². The lowest BCUT2D eigenvalue weighted by Crippen LogP contribution is -2.27. The van der Waals surface area contributed by atoms with Gasteiger partial charge in [0.2, 0.25) is 0 Å². The van der Waals surface area contributed by atoms with Gasteiger partial charge in [0, 0.05) is 19.7 Å². The quantitative estimate of drug-likeness (QED) is 0.795. The van der Waals surface area contributed by atoms with Crippen LogP contribution in [0.15, 0.2) is 0 Å². The lowest BCUT2D eigenvalue weighted by atomic mass is 10.0. The van der Waals surface area contributed by atoms with Crippen LogP contribution in [0.4, 0.5) is 0 Å². The molecule has 2 aromatic heterocycles. The van der Waals surface area contributed by atoms with E-state index in [4.69, 9.17) is 16.3 Å². The third-order valence-electron chi connectivity index (χ3n) is 3.85. The highest BCUT2D eigenvalue weighted by Gasteiger charge is 2.27. The fraction of sp³-hybridized carbons (Fsp3) is 0.692. The first-order valence-corrected chi connectivity index (χ1v) is 7.23. The fourth-order valence-corrected chi connectivity index (χ4v) is 3.22. The third-order valence-corrected chi connectivity index (χ3v) is 4.09. The van der Waals surface area contributed by atoms with E-state index in [1.54, 1.807) is 0 Å². The van der Waals surface area contributed by atoms with Gasteiger partial charge in [-0.05, 0) is 26.7 Å². The van der Waals surface area contributed by atoms with Crippen molar-refractivity contribution < 1.29 is 4.74 Å². The Balaban J connectivity index is 2.14. The zero-order valence-electron chi connectivity index (χ0n) is 11.6. The predicted octanol–water partition coefficient (Wildman–Crippen LogP) is 2.56. The second-order valence-electron chi connectivity index (χ2n) is 5.27. The average molecular weight is 283 g/mol. The summed E-state index contributed by atoms with van der Waals surface area (Å²) in [5.41, 5.74) is 3.01. The van der Waals surface area contributed by atoms with E-state index < -0.39 is 0 Å². The number of nitrogens with zero attached hydrogens (tertiary/aromatic N) is 4. The van der Waals surface area contributed by atoms with E-state index in [0.29, 0.717) is 11.9 Å². The van der Waals surface area contributed by atoms with Crippen LogP contribution in [0.2, 0.25) is 0 Å². The van der Waals surface area contributed by atoms with Crippen molar-refractivity contribution in [3.8, 4) is 0 Å². The van der Waals surface area contributed by atoms with Crippen molar-refractivity contribution in [1.82, 2.24) is 19.3 Å². The normalized spacial score (nSPS) is 24.2. The fourth-order valence-electron chi connectivity index (χ4n) is 3.03. The van der Waals surface area contributed by atoms with E-state index in [0.717, 1.165) is 42.1 Å². The molecular formula is C13H19ClN4O. The summed E-state index contributed by atoms with van der Waals surface area (Å²) in [7, 11) is 1.97. The van der Waals surface area contributed by atoms with Crippen LogP contribution in [-0.2, 0) is 17.7 Å². The molecule has 0 saturated carbocycles. The largest absolute Gasteiger partial charge is 0.378 e. The number of hydrogen-bond donors (Lipinski definition) is 0. The molecule has 6 heteroatoms. The van der Waals surface area contributed by atoms with Gasteiger partial charge >= 0.3 is 0 Å². The van der Waals surface area contributed by atoms with Gasteiger partial charge in [0.15, 0.2) is 5.65 Å². The molecule has 0 N–H and O–H groups in total. The van der Waals surface area contributed by atoms with Crippen molar-refractivity contribution in [2.45, 2.75) is 44.7 Å². The zero-order valence-corrected chi connectivity index (χ0v) is 12.3. The second kappa shape index (κ2) is 4.80. The summed E-state index contributed by atoms with van der Waals surface area (Å²) in [6.45, 7) is 4.91. The lowest BCUT2D eigenvalue weighted by molar-refractivity contribution is 0.00613. The molecule has 0 bridgehead atoms. The summed E-state index contributed by atoms with van der Waals surface area (Å²) < 4.78 is 9.81. The number of ether oxygens (including phenoxy) is 1. The summed E-state index contributed by atoms with van der Waals surface area (Å²) in [6.07, 6.45) is 2.29. The van der Waals surface area contributed by atoms with Crippen LogP contribution in [0, 0.1) is 6.92 Å². The van der Waals surface area contributed by atoms with Crippen LogP contribution in [0.1, 0.15) is 37.3 Å². The van der Waals surface area contributed by atoms with E-state index in [1.165, 1.54) is 0 Å². The molecular weight excluding hydrogens is 264 g/mol. The molecule has 1 aliphatic heterocycles. The molecule has 1 aliphatic rings. The monoisotopic (exact) mass is 282 g/mol. The topological polar surface area (TPSA) is 44.9 Å². The molecule has 0 spiro atoms. The maximum atomic E-state index is 6.08. The summed E-state index contributed by atoms with van der Waals surface area (Å²) >= 11 is 6.08. The van der Waals surface area contributed by atoms with E-state index in [1.807, 2.05) is 18.7 Å². The van der Waals surface area contributed by atoms with E-state index in [9.17, 15) is 0 Å². The Labute approximate surface area is 117 Å².